The Bertz CT molecular complexity index is 855. The highest BCUT2D eigenvalue weighted by molar-refractivity contribution is 9.10. The first-order chi connectivity index (χ1) is 13.2. The van der Waals surface area contributed by atoms with Crippen molar-refractivity contribution in [2.24, 2.45) is 0 Å². The fourth-order valence-corrected chi connectivity index (χ4v) is 3.48. The Labute approximate surface area is 169 Å². The minimum atomic E-state index is -0.143. The van der Waals surface area contributed by atoms with Crippen molar-refractivity contribution in [1.29, 1.82) is 0 Å². The summed E-state index contributed by atoms with van der Waals surface area (Å²) in [6.07, 6.45) is 1.21. The fraction of sp³-hybridized carbons (Fsp3) is 0.208. The molecule has 1 unspecified atom stereocenters. The molecule has 0 saturated heterocycles. The van der Waals surface area contributed by atoms with Crippen LogP contribution in [0.5, 0.6) is 0 Å². The molecule has 27 heavy (non-hydrogen) atoms. The van der Waals surface area contributed by atoms with Gasteiger partial charge in [0.2, 0.25) is 0 Å². The zero-order chi connectivity index (χ0) is 19.1. The van der Waals surface area contributed by atoms with Gasteiger partial charge in [0.25, 0.3) is 0 Å². The maximum absolute atomic E-state index is 12.1. The number of carbonyl (C=O) groups excluding carboxylic acids is 1. The minimum absolute atomic E-state index is 0.102. The molecule has 0 spiro atoms. The van der Waals surface area contributed by atoms with Crippen LogP contribution in [-0.2, 0) is 16.0 Å². The number of hydrogen-bond acceptors (Lipinski definition) is 2. The number of esters is 1. The highest BCUT2D eigenvalue weighted by atomic mass is 79.9. The first-order valence-electron chi connectivity index (χ1n) is 9.21. The lowest BCUT2D eigenvalue weighted by molar-refractivity contribution is -0.143. The van der Waals surface area contributed by atoms with Gasteiger partial charge in [0.1, 0.15) is 0 Å². The quantitative estimate of drug-likeness (QED) is 0.412. The third-order valence-corrected chi connectivity index (χ3v) is 5.13. The summed E-state index contributed by atoms with van der Waals surface area (Å²) in [5.41, 5.74) is 4.73. The van der Waals surface area contributed by atoms with Crippen molar-refractivity contribution in [3.05, 3.63) is 94.5 Å². The summed E-state index contributed by atoms with van der Waals surface area (Å²) in [6, 6.07) is 27.1. The van der Waals surface area contributed by atoms with Crippen LogP contribution >= 0.6 is 15.9 Å². The number of benzene rings is 3. The predicted octanol–water partition coefficient (Wildman–Crippen LogP) is 6.40. The van der Waals surface area contributed by atoms with Gasteiger partial charge in [-0.15, -0.1) is 0 Å². The van der Waals surface area contributed by atoms with Gasteiger partial charge in [0.05, 0.1) is 13.0 Å². The highest BCUT2D eigenvalue weighted by Gasteiger charge is 2.18. The normalized spacial score (nSPS) is 11.8. The van der Waals surface area contributed by atoms with E-state index in [1.807, 2.05) is 37.3 Å². The van der Waals surface area contributed by atoms with Crippen molar-refractivity contribution < 1.29 is 9.53 Å². The van der Waals surface area contributed by atoms with Crippen LogP contribution in [0.1, 0.15) is 30.4 Å². The summed E-state index contributed by atoms with van der Waals surface area (Å²) < 4.78 is 6.26. The van der Waals surface area contributed by atoms with Gasteiger partial charge in [-0.2, -0.15) is 0 Å². The van der Waals surface area contributed by atoms with E-state index >= 15 is 0 Å². The van der Waals surface area contributed by atoms with Crippen molar-refractivity contribution in [3.8, 4) is 11.1 Å². The van der Waals surface area contributed by atoms with E-state index in [9.17, 15) is 4.79 Å². The number of ether oxygens (including phenoxy) is 1. The lowest BCUT2D eigenvalue weighted by Crippen LogP contribution is -2.12. The van der Waals surface area contributed by atoms with E-state index < -0.39 is 0 Å². The van der Waals surface area contributed by atoms with Gasteiger partial charge in [0.15, 0.2) is 0 Å². The molecular formula is C24H23BrO2. The lowest BCUT2D eigenvalue weighted by Gasteiger charge is -2.17. The largest absolute Gasteiger partial charge is 0.466 e. The van der Waals surface area contributed by atoms with Crippen LogP contribution in [0.25, 0.3) is 11.1 Å². The van der Waals surface area contributed by atoms with Gasteiger partial charge >= 0.3 is 5.97 Å². The van der Waals surface area contributed by atoms with Crippen LogP contribution in [0.3, 0.4) is 0 Å². The molecule has 3 aromatic rings. The van der Waals surface area contributed by atoms with Crippen molar-refractivity contribution in [3.63, 3.8) is 0 Å². The Morgan fingerprint density at radius 1 is 0.889 bits per heavy atom. The minimum Gasteiger partial charge on any atom is -0.466 e. The molecule has 3 rings (SSSR count). The smallest absolute Gasteiger partial charge is 0.306 e. The van der Waals surface area contributed by atoms with Crippen molar-refractivity contribution in [1.82, 2.24) is 0 Å². The van der Waals surface area contributed by atoms with Crippen LogP contribution in [0.2, 0.25) is 0 Å². The van der Waals surface area contributed by atoms with E-state index in [4.69, 9.17) is 4.74 Å². The van der Waals surface area contributed by atoms with E-state index in [0.29, 0.717) is 13.0 Å². The van der Waals surface area contributed by atoms with Gasteiger partial charge in [-0.1, -0.05) is 82.7 Å². The molecule has 1 atom stereocenters. The van der Waals surface area contributed by atoms with E-state index in [2.05, 4.69) is 64.5 Å². The summed E-state index contributed by atoms with van der Waals surface area (Å²) in [6.45, 7) is 2.26. The summed E-state index contributed by atoms with van der Waals surface area (Å²) in [7, 11) is 0. The zero-order valence-corrected chi connectivity index (χ0v) is 17.0. The first-order valence-corrected chi connectivity index (χ1v) is 10.0. The van der Waals surface area contributed by atoms with Crippen LogP contribution in [0.15, 0.2) is 83.3 Å². The molecule has 138 valence electrons. The van der Waals surface area contributed by atoms with E-state index in [0.717, 1.165) is 16.5 Å². The van der Waals surface area contributed by atoms with E-state index in [1.54, 1.807) is 0 Å². The molecule has 0 radical (unpaired) electrons. The molecule has 3 heteroatoms. The number of carbonyl (C=O) groups is 1. The molecule has 0 bridgehead atoms. The van der Waals surface area contributed by atoms with Gasteiger partial charge < -0.3 is 4.74 Å². The highest BCUT2D eigenvalue weighted by Crippen LogP contribution is 2.28. The fourth-order valence-electron chi connectivity index (χ4n) is 3.22. The maximum Gasteiger partial charge on any atom is 0.306 e. The molecule has 0 amide bonds. The SMILES string of the molecule is CCOC(=O)CC(Cc1ccccc1)c1ccc(-c2ccc(Br)cc2)cc1. The molecular weight excluding hydrogens is 400 g/mol. The molecule has 0 aliphatic rings. The van der Waals surface area contributed by atoms with Gasteiger partial charge in [-0.3, -0.25) is 4.79 Å². The Kier molecular flexibility index (Phi) is 6.83. The van der Waals surface area contributed by atoms with Crippen LogP contribution < -0.4 is 0 Å². The summed E-state index contributed by atoms with van der Waals surface area (Å²) >= 11 is 3.47. The molecule has 0 fully saturated rings. The molecule has 0 aliphatic heterocycles. The number of hydrogen-bond donors (Lipinski definition) is 0. The Balaban J connectivity index is 1.82. The topological polar surface area (TPSA) is 26.3 Å². The second kappa shape index (κ2) is 9.52. The Morgan fingerprint density at radius 3 is 2.07 bits per heavy atom. The molecule has 0 aromatic heterocycles. The zero-order valence-electron chi connectivity index (χ0n) is 15.4. The lowest BCUT2D eigenvalue weighted by atomic mass is 9.88. The summed E-state index contributed by atoms with van der Waals surface area (Å²) in [5.74, 6) is -0.0409. The standard InChI is InChI=1S/C24H23BrO2/c1-2-27-24(26)17-22(16-18-6-4-3-5-7-18)21-10-8-19(9-11-21)20-12-14-23(25)15-13-20/h3-15,22H,2,16-17H2,1H3. The summed E-state index contributed by atoms with van der Waals surface area (Å²) in [5, 5.41) is 0. The van der Waals surface area contributed by atoms with Gasteiger partial charge in [-0.25, -0.2) is 0 Å². The van der Waals surface area contributed by atoms with E-state index in [1.165, 1.54) is 16.7 Å². The molecule has 0 aliphatic carbocycles. The third-order valence-electron chi connectivity index (χ3n) is 4.60. The Hall–Kier alpha value is -2.39. The van der Waals surface area contributed by atoms with Crippen molar-refractivity contribution in [2.45, 2.75) is 25.7 Å². The monoisotopic (exact) mass is 422 g/mol. The molecule has 0 N–H and O–H groups in total. The molecule has 3 aromatic carbocycles. The summed E-state index contributed by atoms with van der Waals surface area (Å²) in [4.78, 5) is 12.1. The first kappa shape index (κ1) is 19.4. The molecule has 0 saturated carbocycles. The average Bonchev–Trinajstić information content (AvgIpc) is 2.69. The van der Waals surface area contributed by atoms with Crippen molar-refractivity contribution >= 4 is 21.9 Å². The van der Waals surface area contributed by atoms with Gasteiger partial charge in [0, 0.05) is 4.47 Å². The molecule has 0 heterocycles. The molecule has 2 nitrogen and oxygen atoms in total. The number of halogens is 1. The van der Waals surface area contributed by atoms with Crippen LogP contribution in [0.4, 0.5) is 0 Å². The maximum atomic E-state index is 12.1. The second-order valence-electron chi connectivity index (χ2n) is 6.52. The van der Waals surface area contributed by atoms with Crippen molar-refractivity contribution in [2.75, 3.05) is 6.61 Å². The third kappa shape index (κ3) is 5.54. The second-order valence-corrected chi connectivity index (χ2v) is 7.44. The number of rotatable bonds is 7. The Morgan fingerprint density at radius 2 is 1.48 bits per heavy atom. The van der Waals surface area contributed by atoms with Gasteiger partial charge in [-0.05, 0) is 53.6 Å². The van der Waals surface area contributed by atoms with E-state index in [-0.39, 0.29) is 11.9 Å². The van der Waals surface area contributed by atoms with Crippen LogP contribution in [-0.4, -0.2) is 12.6 Å². The average molecular weight is 423 g/mol. The van der Waals surface area contributed by atoms with Crippen LogP contribution in [0, 0.1) is 0 Å². The predicted molar refractivity (Wildman–Crippen MR) is 114 cm³/mol.